The number of benzene rings is 3. The summed E-state index contributed by atoms with van der Waals surface area (Å²) >= 11 is 11.8. The van der Waals surface area contributed by atoms with E-state index in [-0.39, 0.29) is 22.9 Å². The topological polar surface area (TPSA) is 88.2 Å². The molecule has 0 amide bonds. The first kappa shape index (κ1) is 22.6. The van der Waals surface area contributed by atoms with Crippen LogP contribution in [0.1, 0.15) is 21.5 Å². The number of phenolic OH excluding ortho intramolecular Hbond substituents is 1. The van der Waals surface area contributed by atoms with Gasteiger partial charge in [0, 0.05) is 38.1 Å². The zero-order valence-electron chi connectivity index (χ0n) is 17.1. The predicted molar refractivity (Wildman–Crippen MR) is 130 cm³/mol. The van der Waals surface area contributed by atoms with E-state index in [1.165, 1.54) is 6.07 Å². The Hall–Kier alpha value is -3.61. The molecule has 4 rings (SSSR count). The monoisotopic (exact) mass is 481 g/mol. The number of halogens is 3. The van der Waals surface area contributed by atoms with Crippen molar-refractivity contribution in [3.63, 3.8) is 0 Å². The molecule has 4 N–H and O–H groups in total. The Labute approximate surface area is 199 Å². The number of carbonyl (C=O) groups is 1. The third kappa shape index (κ3) is 4.92. The molecule has 0 fully saturated rings. The van der Waals surface area contributed by atoms with Gasteiger partial charge in [-0.25, -0.2) is 9.37 Å². The number of hydrogen-bond acceptors (Lipinski definition) is 5. The highest BCUT2D eigenvalue weighted by Gasteiger charge is 2.16. The van der Waals surface area contributed by atoms with E-state index in [4.69, 9.17) is 28.9 Å². The molecule has 0 aliphatic carbocycles. The Morgan fingerprint density at radius 2 is 1.70 bits per heavy atom. The van der Waals surface area contributed by atoms with E-state index in [1.807, 2.05) is 0 Å². The van der Waals surface area contributed by atoms with Gasteiger partial charge in [-0.05, 0) is 72.8 Å². The van der Waals surface area contributed by atoms with Crippen molar-refractivity contribution < 1.29 is 14.3 Å². The molecule has 0 saturated carbocycles. The van der Waals surface area contributed by atoms with Crippen LogP contribution in [0.4, 0.5) is 21.6 Å². The number of alkyl halides is 1. The highest BCUT2D eigenvalue weighted by Crippen LogP contribution is 2.34. The number of nitrogens with zero attached hydrogens (tertiary/aromatic N) is 1. The van der Waals surface area contributed by atoms with Crippen LogP contribution in [0.2, 0.25) is 10.0 Å². The second-order valence-corrected chi connectivity index (χ2v) is 8.13. The van der Waals surface area contributed by atoms with E-state index in [0.29, 0.717) is 43.8 Å². The van der Waals surface area contributed by atoms with Crippen molar-refractivity contribution >= 4 is 46.2 Å². The Morgan fingerprint density at radius 1 is 0.970 bits per heavy atom. The van der Waals surface area contributed by atoms with Gasteiger partial charge in [-0.3, -0.25) is 4.79 Å². The number of rotatable bonds is 6. The predicted octanol–water partition coefficient (Wildman–Crippen LogP) is 6.79. The molecule has 0 aliphatic rings. The number of nitrogens with one attached hydrogen (secondary N) is 1. The van der Waals surface area contributed by atoms with E-state index in [2.05, 4.69) is 10.3 Å². The molecule has 0 atom stereocenters. The van der Waals surface area contributed by atoms with Crippen LogP contribution in [0.3, 0.4) is 0 Å². The van der Waals surface area contributed by atoms with Crippen LogP contribution < -0.4 is 11.1 Å². The third-order valence-electron chi connectivity index (χ3n) is 5.04. The van der Waals surface area contributed by atoms with Gasteiger partial charge in [-0.15, -0.1) is 0 Å². The number of nitrogen functional groups attached to an aromatic ring is 1. The van der Waals surface area contributed by atoms with Crippen LogP contribution in [0.25, 0.3) is 11.3 Å². The quantitative estimate of drug-likeness (QED) is 0.208. The van der Waals surface area contributed by atoms with Crippen LogP contribution in [-0.2, 0) is 6.67 Å². The third-order valence-corrected chi connectivity index (χ3v) is 5.53. The van der Waals surface area contributed by atoms with Crippen LogP contribution in [0.15, 0.2) is 72.8 Å². The lowest BCUT2D eigenvalue weighted by Crippen LogP contribution is -2.07. The van der Waals surface area contributed by atoms with Gasteiger partial charge in [-0.2, -0.15) is 0 Å². The minimum Gasteiger partial charge on any atom is -0.507 e. The Morgan fingerprint density at radius 3 is 2.39 bits per heavy atom. The van der Waals surface area contributed by atoms with Gasteiger partial charge in [0.25, 0.3) is 0 Å². The average Bonchev–Trinajstić information content (AvgIpc) is 2.81. The highest BCUT2D eigenvalue weighted by molar-refractivity contribution is 6.31. The van der Waals surface area contributed by atoms with Gasteiger partial charge in [0.05, 0.1) is 11.3 Å². The molecule has 0 saturated heterocycles. The summed E-state index contributed by atoms with van der Waals surface area (Å²) in [6.45, 7) is -0.685. The molecule has 0 unspecified atom stereocenters. The number of aromatic nitrogens is 1. The van der Waals surface area contributed by atoms with Crippen molar-refractivity contribution in [3.05, 3.63) is 99.5 Å². The standard InChI is InChI=1S/C25H18Cl2FN3O2/c26-16-3-1-14(2-4-16)24(33)19-7-9-22(31-25(19)29)20-12-18(6-10-23(20)32)30-21-8-5-17(27)11-15(21)13-28/h1-12,30,32H,13H2,(H2,29,31). The Balaban J connectivity index is 1.65. The summed E-state index contributed by atoms with van der Waals surface area (Å²) in [6, 6.07) is 19.3. The summed E-state index contributed by atoms with van der Waals surface area (Å²) in [5.41, 5.74) is 9.08. The summed E-state index contributed by atoms with van der Waals surface area (Å²) in [5.74, 6) is -0.280. The fourth-order valence-corrected chi connectivity index (χ4v) is 3.66. The number of phenols is 1. The van der Waals surface area contributed by atoms with Crippen LogP contribution in [0.5, 0.6) is 5.75 Å². The van der Waals surface area contributed by atoms with E-state index in [1.54, 1.807) is 66.7 Å². The fourth-order valence-electron chi connectivity index (χ4n) is 3.34. The zero-order valence-corrected chi connectivity index (χ0v) is 18.7. The Kier molecular flexibility index (Phi) is 6.49. The molecule has 1 heterocycles. The molecule has 0 aliphatic heterocycles. The maximum atomic E-state index is 13.4. The number of pyridine rings is 1. The van der Waals surface area contributed by atoms with E-state index >= 15 is 0 Å². The van der Waals surface area contributed by atoms with Crippen LogP contribution in [0, 0.1) is 0 Å². The smallest absolute Gasteiger partial charge is 0.196 e. The minimum absolute atomic E-state index is 0.0222. The van der Waals surface area contributed by atoms with E-state index in [9.17, 15) is 14.3 Å². The van der Waals surface area contributed by atoms with Gasteiger partial charge < -0.3 is 16.2 Å². The lowest BCUT2D eigenvalue weighted by atomic mass is 10.0. The number of nitrogens with two attached hydrogens (primary N) is 1. The summed E-state index contributed by atoms with van der Waals surface area (Å²) in [4.78, 5) is 17.1. The van der Waals surface area contributed by atoms with Gasteiger partial charge >= 0.3 is 0 Å². The first-order valence-electron chi connectivity index (χ1n) is 9.87. The lowest BCUT2D eigenvalue weighted by molar-refractivity contribution is 0.103. The molecule has 166 valence electrons. The van der Waals surface area contributed by atoms with Crippen molar-refractivity contribution in [3.8, 4) is 17.0 Å². The summed E-state index contributed by atoms with van der Waals surface area (Å²) < 4.78 is 13.4. The fraction of sp³-hybridized carbons (Fsp3) is 0.0400. The second-order valence-electron chi connectivity index (χ2n) is 7.26. The molecule has 33 heavy (non-hydrogen) atoms. The molecule has 0 spiro atoms. The van der Waals surface area contributed by atoms with Gasteiger partial charge in [0.1, 0.15) is 18.2 Å². The number of hydrogen-bond donors (Lipinski definition) is 3. The van der Waals surface area contributed by atoms with E-state index < -0.39 is 6.67 Å². The van der Waals surface area contributed by atoms with Gasteiger partial charge in [0.15, 0.2) is 5.78 Å². The van der Waals surface area contributed by atoms with Crippen LogP contribution in [-0.4, -0.2) is 15.9 Å². The van der Waals surface area contributed by atoms with Gasteiger partial charge in [0.2, 0.25) is 0 Å². The minimum atomic E-state index is -0.685. The Bertz CT molecular complexity index is 1340. The lowest BCUT2D eigenvalue weighted by Gasteiger charge is -2.13. The molecule has 1 aromatic heterocycles. The number of ketones is 1. The molecular formula is C25H18Cl2FN3O2. The second kappa shape index (κ2) is 9.48. The normalized spacial score (nSPS) is 10.8. The highest BCUT2D eigenvalue weighted by atomic mass is 35.5. The molecule has 0 radical (unpaired) electrons. The first-order chi connectivity index (χ1) is 15.9. The average molecular weight is 482 g/mol. The molecule has 3 aromatic carbocycles. The summed E-state index contributed by atoms with van der Waals surface area (Å²) in [5, 5.41) is 14.5. The SMILES string of the molecule is Nc1nc(-c2cc(Nc3ccc(Cl)cc3CF)ccc2O)ccc1C(=O)c1ccc(Cl)cc1. The van der Waals surface area contributed by atoms with Crippen molar-refractivity contribution in [2.24, 2.45) is 0 Å². The first-order valence-corrected chi connectivity index (χ1v) is 10.6. The summed E-state index contributed by atoms with van der Waals surface area (Å²) in [6.07, 6.45) is 0. The van der Waals surface area contributed by atoms with E-state index in [0.717, 1.165) is 0 Å². The molecule has 5 nitrogen and oxygen atoms in total. The van der Waals surface area contributed by atoms with Crippen molar-refractivity contribution in [1.29, 1.82) is 0 Å². The molecule has 4 aromatic rings. The van der Waals surface area contributed by atoms with Crippen LogP contribution >= 0.6 is 23.2 Å². The van der Waals surface area contributed by atoms with Crippen molar-refractivity contribution in [1.82, 2.24) is 4.98 Å². The molecule has 8 heteroatoms. The number of carbonyl (C=O) groups excluding carboxylic acids is 1. The van der Waals surface area contributed by atoms with Crippen molar-refractivity contribution in [2.75, 3.05) is 11.1 Å². The van der Waals surface area contributed by atoms with Crippen molar-refractivity contribution in [2.45, 2.75) is 6.67 Å². The maximum Gasteiger partial charge on any atom is 0.196 e. The molecule has 0 bridgehead atoms. The largest absolute Gasteiger partial charge is 0.507 e. The number of anilines is 3. The molecular weight excluding hydrogens is 464 g/mol. The zero-order chi connectivity index (χ0) is 23.5. The summed E-state index contributed by atoms with van der Waals surface area (Å²) in [7, 11) is 0. The maximum absolute atomic E-state index is 13.4. The van der Waals surface area contributed by atoms with Gasteiger partial charge in [-0.1, -0.05) is 23.2 Å². The number of aromatic hydroxyl groups is 1.